The normalized spacial score (nSPS) is 42.0. The molecule has 0 radical (unpaired) electrons. The first-order valence-corrected chi connectivity index (χ1v) is 22.7. The summed E-state index contributed by atoms with van der Waals surface area (Å²) in [4.78, 5) is 0. The molecule has 0 spiro atoms. The molecule has 49 heavy (non-hydrogen) atoms. The average molecular weight is 741 g/mol. The molecule has 10 fully saturated rings. The Morgan fingerprint density at radius 1 is 0.735 bits per heavy atom. The van der Waals surface area contributed by atoms with Crippen molar-refractivity contribution in [1.29, 1.82) is 0 Å². The molecule has 0 aromatic heterocycles. The Hall–Kier alpha value is -0.000519. The quantitative estimate of drug-likeness (QED) is 0.168. The minimum atomic E-state index is -0.0359. The van der Waals surface area contributed by atoms with Gasteiger partial charge in [0.2, 0.25) is 0 Å². The van der Waals surface area contributed by atoms with E-state index in [1.165, 1.54) is 45.2 Å². The molecule has 3 atom stereocenters. The molecule has 12 rings (SSSR count). The van der Waals surface area contributed by atoms with Gasteiger partial charge < -0.3 is 10.6 Å². The van der Waals surface area contributed by atoms with Crippen LogP contribution in [0.2, 0.25) is 0 Å². The molecule has 0 amide bonds. The molecule has 2 heterocycles. The summed E-state index contributed by atoms with van der Waals surface area (Å²) in [6, 6.07) is 15.6. The molecule has 2 N–H and O–H groups in total. The van der Waals surface area contributed by atoms with Gasteiger partial charge in [0.25, 0.3) is 0 Å². The van der Waals surface area contributed by atoms with Crippen molar-refractivity contribution in [2.24, 2.45) is 47.3 Å². The monoisotopic (exact) mass is 740 g/mol. The zero-order valence-electron chi connectivity index (χ0n) is 31.0. The van der Waals surface area contributed by atoms with E-state index in [0.717, 1.165) is 47.3 Å². The third-order valence-corrected chi connectivity index (χ3v) is 21.1. The van der Waals surface area contributed by atoms with Crippen LogP contribution in [0.1, 0.15) is 127 Å². The van der Waals surface area contributed by atoms with Crippen molar-refractivity contribution < 1.29 is 17.1 Å². The van der Waals surface area contributed by atoms with E-state index >= 15 is 0 Å². The van der Waals surface area contributed by atoms with Crippen molar-refractivity contribution in [2.45, 2.75) is 138 Å². The standard InChI is InChI=1S/C39H61N2P2.C5H5.Fe/c1-36(2,3)34-14-31(35(15-34)39(42,32-4-6-40-22-32)33-5-7-41-23-33)24-43(37-16-25-8-26(17-37)10-27(9-25)18-37)38-19-28-11-29(20-38)13-30(12-28)21-38;1-2-4-5-3-1;/h14-15,25-30,32-33,40-41H,4-13,16-24,42H2,1-3H3;1-5H;/q2*-1;+2. The summed E-state index contributed by atoms with van der Waals surface area (Å²) in [5.74, 6) is 7.92. The van der Waals surface area contributed by atoms with E-state index < -0.39 is 0 Å². The van der Waals surface area contributed by atoms with Gasteiger partial charge in [0.05, 0.1) is 0 Å². The summed E-state index contributed by atoms with van der Waals surface area (Å²) in [7, 11) is 3.59. The molecule has 3 unspecified atom stereocenters. The number of hydrogen-bond acceptors (Lipinski definition) is 2. The van der Waals surface area contributed by atoms with Gasteiger partial charge in [-0.25, -0.2) is 18.2 Å². The van der Waals surface area contributed by atoms with Gasteiger partial charge in [0.15, 0.2) is 0 Å². The smallest absolute Gasteiger partial charge is 0.316 e. The fourth-order valence-corrected chi connectivity index (χ4v) is 20.5. The predicted molar refractivity (Wildman–Crippen MR) is 209 cm³/mol. The van der Waals surface area contributed by atoms with Gasteiger partial charge >= 0.3 is 17.1 Å². The first-order valence-electron chi connectivity index (χ1n) is 20.6. The van der Waals surface area contributed by atoms with Crippen molar-refractivity contribution in [1.82, 2.24) is 10.6 Å². The number of hydrogen-bond donors (Lipinski definition) is 2. The summed E-state index contributed by atoms with van der Waals surface area (Å²) >= 11 is 0. The molecule has 270 valence electrons. The summed E-state index contributed by atoms with van der Waals surface area (Å²) in [6.07, 6.45) is 23.5. The van der Waals surface area contributed by atoms with Crippen molar-refractivity contribution in [3.8, 4) is 0 Å². The first-order chi connectivity index (χ1) is 23.1. The molecule has 2 aliphatic heterocycles. The topological polar surface area (TPSA) is 24.1 Å². The molecule has 8 saturated carbocycles. The van der Waals surface area contributed by atoms with E-state index in [4.69, 9.17) is 0 Å². The number of rotatable bonds is 7. The van der Waals surface area contributed by atoms with Crippen molar-refractivity contribution in [3.63, 3.8) is 0 Å². The van der Waals surface area contributed by atoms with Crippen LogP contribution in [0.5, 0.6) is 0 Å². The maximum atomic E-state index is 3.82. The zero-order chi connectivity index (χ0) is 32.7. The fourth-order valence-electron chi connectivity index (χ4n) is 14.5. The zero-order valence-corrected chi connectivity index (χ0v) is 34.1. The summed E-state index contributed by atoms with van der Waals surface area (Å²) < 4.78 is 0. The fraction of sp³-hybridized carbons (Fsp3) is 0.773. The minimum absolute atomic E-state index is 0. The Kier molecular flexibility index (Phi) is 10.1. The second-order valence-electron chi connectivity index (χ2n) is 20.1. The molecular weight excluding hydrogens is 674 g/mol. The van der Waals surface area contributed by atoms with Crippen LogP contribution < -0.4 is 10.6 Å². The van der Waals surface area contributed by atoms with Crippen LogP contribution in [-0.2, 0) is 33.8 Å². The summed E-state index contributed by atoms with van der Waals surface area (Å²) in [5.41, 5.74) is 5.49. The van der Waals surface area contributed by atoms with Gasteiger partial charge in [0, 0.05) is 0 Å². The second-order valence-corrected chi connectivity index (χ2v) is 24.1. The average Bonchev–Trinajstić information content (AvgIpc) is 3.86. The van der Waals surface area contributed by atoms with Crippen LogP contribution in [-0.4, -0.2) is 36.5 Å². The maximum absolute atomic E-state index is 3.82. The van der Waals surface area contributed by atoms with Gasteiger partial charge in [0.1, 0.15) is 0 Å². The molecule has 8 aliphatic carbocycles. The van der Waals surface area contributed by atoms with Crippen molar-refractivity contribution >= 4 is 17.2 Å². The first kappa shape index (κ1) is 36.0. The Morgan fingerprint density at radius 2 is 1.16 bits per heavy atom. The SMILES string of the molecule is CC(C)(C)c1cc(CP(C23CC4CC(CC(C4)C2)C3)C23CC4CC(CC(C4)C2)C3)c(C(P)(C2CCNC2)C2CCNC2)[cH-]1.[Fe+2].c1cc[cH-]c1. The molecule has 2 aromatic carbocycles. The Balaban J connectivity index is 0.000000536. The van der Waals surface area contributed by atoms with Crippen LogP contribution in [0.15, 0.2) is 42.5 Å². The molecular formula is C44H66FeN2P2. The number of nitrogens with one attached hydrogen (secondary N) is 2. The second kappa shape index (κ2) is 13.7. The largest absolute Gasteiger partial charge is 2.00 e. The molecule has 2 aromatic rings. The van der Waals surface area contributed by atoms with E-state index in [-0.39, 0.29) is 35.6 Å². The Labute approximate surface area is 313 Å². The molecule has 8 bridgehead atoms. The van der Waals surface area contributed by atoms with E-state index in [0.29, 0.717) is 10.3 Å². The van der Waals surface area contributed by atoms with E-state index in [2.05, 4.69) is 52.8 Å². The minimum Gasteiger partial charge on any atom is -0.316 e. The summed E-state index contributed by atoms with van der Waals surface area (Å²) in [5, 5.41) is 9.25. The van der Waals surface area contributed by atoms with Gasteiger partial charge in [-0.2, -0.15) is 41.0 Å². The van der Waals surface area contributed by atoms with Crippen LogP contribution >= 0.6 is 17.2 Å². The van der Waals surface area contributed by atoms with Gasteiger partial charge in [-0.15, -0.1) is 17.2 Å². The van der Waals surface area contributed by atoms with Crippen molar-refractivity contribution in [3.05, 3.63) is 59.2 Å². The van der Waals surface area contributed by atoms with Crippen LogP contribution in [0.4, 0.5) is 0 Å². The third kappa shape index (κ3) is 6.50. The van der Waals surface area contributed by atoms with E-state index in [1.54, 1.807) is 88.2 Å². The summed E-state index contributed by atoms with van der Waals surface area (Å²) in [6.45, 7) is 12.3. The predicted octanol–water partition coefficient (Wildman–Crippen LogP) is 10.3. The molecule has 5 heteroatoms. The van der Waals surface area contributed by atoms with Gasteiger partial charge in [-0.3, -0.25) is 0 Å². The maximum Gasteiger partial charge on any atom is 2.00 e. The van der Waals surface area contributed by atoms with Crippen molar-refractivity contribution in [2.75, 3.05) is 26.2 Å². The third-order valence-electron chi connectivity index (χ3n) is 15.8. The Morgan fingerprint density at radius 3 is 1.49 bits per heavy atom. The van der Waals surface area contributed by atoms with E-state index in [1.807, 2.05) is 35.9 Å². The van der Waals surface area contributed by atoms with Gasteiger partial charge in [-0.05, 0) is 184 Å². The molecule has 10 aliphatic rings. The molecule has 2 nitrogen and oxygen atoms in total. The Bertz CT molecular complexity index is 1260. The molecule has 2 saturated heterocycles. The van der Waals surface area contributed by atoms with E-state index in [9.17, 15) is 0 Å². The van der Waals surface area contributed by atoms with Gasteiger partial charge in [-0.1, -0.05) is 26.9 Å². The van der Waals surface area contributed by atoms with Crippen LogP contribution in [0.25, 0.3) is 0 Å². The van der Waals surface area contributed by atoms with Crippen LogP contribution in [0, 0.1) is 47.3 Å². The van der Waals surface area contributed by atoms with Crippen LogP contribution in [0.3, 0.4) is 0 Å².